The van der Waals surface area contributed by atoms with Crippen molar-refractivity contribution < 1.29 is 9.59 Å². The van der Waals surface area contributed by atoms with Crippen molar-refractivity contribution in [2.45, 2.75) is 51.5 Å². The molecule has 1 saturated heterocycles. The number of ketones is 1. The largest absolute Gasteiger partial charge is 0.343 e. The molecule has 0 bridgehead atoms. The molecule has 2 fully saturated rings. The number of hydrogen-bond donors (Lipinski definition) is 1. The number of nitrogens with one attached hydrogen (secondary N) is 1. The van der Waals surface area contributed by atoms with Crippen LogP contribution in [0.3, 0.4) is 0 Å². The summed E-state index contributed by atoms with van der Waals surface area (Å²) in [4.78, 5) is 24.0. The van der Waals surface area contributed by atoms with Gasteiger partial charge in [0.2, 0.25) is 5.91 Å². The molecule has 15 heavy (non-hydrogen) atoms. The zero-order valence-corrected chi connectivity index (χ0v) is 9.51. The van der Waals surface area contributed by atoms with Gasteiger partial charge in [-0.2, -0.15) is 0 Å². The van der Waals surface area contributed by atoms with Gasteiger partial charge >= 0.3 is 0 Å². The Labute approximate surface area is 90.6 Å². The normalized spacial score (nSPS) is 29.9. The molecule has 1 unspecified atom stereocenters. The fourth-order valence-electron chi connectivity index (χ4n) is 2.92. The number of hydrogen-bond acceptors (Lipinski definition) is 2. The van der Waals surface area contributed by atoms with E-state index in [1.54, 1.807) is 0 Å². The molecule has 1 atom stereocenters. The van der Waals surface area contributed by atoms with Gasteiger partial charge in [0.25, 0.3) is 0 Å². The minimum absolute atomic E-state index is 0.0445. The molecule has 1 spiro atoms. The van der Waals surface area contributed by atoms with Crippen molar-refractivity contribution in [1.82, 2.24) is 5.32 Å². The minimum atomic E-state index is -0.482. The van der Waals surface area contributed by atoms with Crippen LogP contribution in [0, 0.1) is 11.8 Å². The summed E-state index contributed by atoms with van der Waals surface area (Å²) in [5.41, 5.74) is -0.482. The third kappa shape index (κ3) is 1.58. The van der Waals surface area contributed by atoms with Gasteiger partial charge in [-0.15, -0.1) is 0 Å². The van der Waals surface area contributed by atoms with Crippen molar-refractivity contribution in [3.05, 3.63) is 0 Å². The first kappa shape index (κ1) is 10.7. The molecule has 0 aromatic carbocycles. The zero-order chi connectivity index (χ0) is 11.1. The average Bonchev–Trinajstić information content (AvgIpc) is 2.40. The fraction of sp³-hybridized carbons (Fsp3) is 0.833. The minimum Gasteiger partial charge on any atom is -0.343 e. The Balaban J connectivity index is 2.23. The van der Waals surface area contributed by atoms with Crippen LogP contribution in [0.5, 0.6) is 0 Å². The summed E-state index contributed by atoms with van der Waals surface area (Å²) in [6, 6.07) is 0. The predicted octanol–water partition coefficient (Wildman–Crippen LogP) is 1.66. The van der Waals surface area contributed by atoms with Crippen molar-refractivity contribution in [1.29, 1.82) is 0 Å². The van der Waals surface area contributed by atoms with E-state index in [1.807, 2.05) is 13.8 Å². The van der Waals surface area contributed by atoms with Crippen LogP contribution < -0.4 is 5.32 Å². The van der Waals surface area contributed by atoms with Crippen molar-refractivity contribution in [3.63, 3.8) is 0 Å². The molecule has 1 N–H and O–H groups in total. The van der Waals surface area contributed by atoms with Crippen molar-refractivity contribution in [3.8, 4) is 0 Å². The monoisotopic (exact) mass is 209 g/mol. The van der Waals surface area contributed by atoms with Crippen LogP contribution in [-0.4, -0.2) is 17.2 Å². The lowest BCUT2D eigenvalue weighted by Gasteiger charge is -2.31. The third-order valence-electron chi connectivity index (χ3n) is 3.77. The smallest absolute Gasteiger partial charge is 0.231 e. The van der Waals surface area contributed by atoms with Crippen molar-refractivity contribution in [2.75, 3.05) is 0 Å². The third-order valence-corrected chi connectivity index (χ3v) is 3.77. The molecule has 1 saturated carbocycles. The summed E-state index contributed by atoms with van der Waals surface area (Å²) >= 11 is 0. The quantitative estimate of drug-likeness (QED) is 0.668. The number of amides is 1. The Bertz CT molecular complexity index is 290. The standard InChI is InChI=1S/C12H19NO2/c1-8(2)9-10(14)12(13-11(9)15)6-4-3-5-7-12/h8-9H,3-7H2,1-2H3,(H,13,15). The summed E-state index contributed by atoms with van der Waals surface area (Å²) in [7, 11) is 0. The Morgan fingerprint density at radius 2 is 1.80 bits per heavy atom. The van der Waals surface area contributed by atoms with E-state index >= 15 is 0 Å². The Morgan fingerprint density at radius 1 is 1.20 bits per heavy atom. The van der Waals surface area contributed by atoms with Gasteiger partial charge in [0.1, 0.15) is 5.92 Å². The molecule has 2 aliphatic rings. The number of carbonyl (C=O) groups excluding carboxylic acids is 2. The maximum atomic E-state index is 12.3. The van der Waals surface area contributed by atoms with E-state index in [0.717, 1.165) is 25.7 Å². The van der Waals surface area contributed by atoms with Gasteiger partial charge in [0.15, 0.2) is 5.78 Å². The van der Waals surface area contributed by atoms with Crippen LogP contribution >= 0.6 is 0 Å². The zero-order valence-electron chi connectivity index (χ0n) is 9.51. The first-order chi connectivity index (χ1) is 7.07. The molecule has 0 radical (unpaired) electrons. The molecule has 84 valence electrons. The van der Waals surface area contributed by atoms with Crippen LogP contribution in [0.25, 0.3) is 0 Å². The second kappa shape index (κ2) is 3.62. The van der Waals surface area contributed by atoms with Gasteiger partial charge < -0.3 is 5.32 Å². The molecular formula is C12H19NO2. The summed E-state index contributed by atoms with van der Waals surface area (Å²) in [6.45, 7) is 3.90. The van der Waals surface area contributed by atoms with E-state index in [4.69, 9.17) is 0 Å². The van der Waals surface area contributed by atoms with Gasteiger partial charge in [-0.3, -0.25) is 9.59 Å². The van der Waals surface area contributed by atoms with E-state index in [1.165, 1.54) is 6.42 Å². The first-order valence-electron chi connectivity index (χ1n) is 5.93. The van der Waals surface area contributed by atoms with Crippen LogP contribution in [-0.2, 0) is 9.59 Å². The van der Waals surface area contributed by atoms with Gasteiger partial charge in [-0.1, -0.05) is 33.1 Å². The molecule has 1 amide bonds. The lowest BCUT2D eigenvalue weighted by Crippen LogP contribution is -2.48. The second-order valence-electron chi connectivity index (χ2n) is 5.22. The average molecular weight is 209 g/mol. The van der Waals surface area contributed by atoms with Crippen LogP contribution in [0.4, 0.5) is 0 Å². The topological polar surface area (TPSA) is 46.2 Å². The fourth-order valence-corrected chi connectivity index (χ4v) is 2.92. The Morgan fingerprint density at radius 3 is 2.27 bits per heavy atom. The van der Waals surface area contributed by atoms with E-state index in [9.17, 15) is 9.59 Å². The molecular weight excluding hydrogens is 190 g/mol. The second-order valence-corrected chi connectivity index (χ2v) is 5.22. The lowest BCUT2D eigenvalue weighted by molar-refractivity contribution is -0.130. The maximum absolute atomic E-state index is 12.3. The summed E-state index contributed by atoms with van der Waals surface area (Å²) in [5, 5.41) is 2.96. The number of Topliss-reactive ketones (excluding diaryl/α,β-unsaturated/α-hetero) is 1. The molecule has 0 aromatic heterocycles. The molecule has 1 heterocycles. The van der Waals surface area contributed by atoms with Crippen LogP contribution in [0.1, 0.15) is 46.0 Å². The highest BCUT2D eigenvalue weighted by Crippen LogP contribution is 2.37. The lowest BCUT2D eigenvalue weighted by atomic mass is 9.76. The van der Waals surface area contributed by atoms with Crippen LogP contribution in [0.2, 0.25) is 0 Å². The van der Waals surface area contributed by atoms with Gasteiger partial charge in [0.05, 0.1) is 5.54 Å². The Kier molecular flexibility index (Phi) is 2.57. The summed E-state index contributed by atoms with van der Waals surface area (Å²) in [6.07, 6.45) is 5.02. The van der Waals surface area contributed by atoms with Gasteiger partial charge in [-0.25, -0.2) is 0 Å². The Hall–Kier alpha value is -0.860. The van der Waals surface area contributed by atoms with E-state index in [-0.39, 0.29) is 17.6 Å². The number of carbonyl (C=O) groups is 2. The first-order valence-corrected chi connectivity index (χ1v) is 5.93. The SMILES string of the molecule is CC(C)C1C(=O)NC2(CCCCC2)C1=O. The van der Waals surface area contributed by atoms with E-state index in [0.29, 0.717) is 0 Å². The summed E-state index contributed by atoms with van der Waals surface area (Å²) in [5.74, 6) is -0.166. The van der Waals surface area contributed by atoms with Crippen molar-refractivity contribution >= 4 is 11.7 Å². The number of rotatable bonds is 1. The van der Waals surface area contributed by atoms with Crippen LogP contribution in [0.15, 0.2) is 0 Å². The van der Waals surface area contributed by atoms with Gasteiger partial charge in [0, 0.05) is 0 Å². The molecule has 2 rings (SSSR count). The molecule has 1 aliphatic carbocycles. The highest BCUT2D eigenvalue weighted by atomic mass is 16.2. The van der Waals surface area contributed by atoms with E-state index < -0.39 is 11.5 Å². The molecule has 1 aliphatic heterocycles. The predicted molar refractivity (Wildman–Crippen MR) is 57.3 cm³/mol. The highest BCUT2D eigenvalue weighted by Gasteiger charge is 2.53. The molecule has 3 nitrogen and oxygen atoms in total. The maximum Gasteiger partial charge on any atom is 0.231 e. The highest BCUT2D eigenvalue weighted by molar-refractivity contribution is 6.13. The van der Waals surface area contributed by atoms with E-state index in [2.05, 4.69) is 5.32 Å². The van der Waals surface area contributed by atoms with Gasteiger partial charge in [-0.05, 0) is 18.8 Å². The summed E-state index contributed by atoms with van der Waals surface area (Å²) < 4.78 is 0. The molecule has 3 heteroatoms. The van der Waals surface area contributed by atoms with Crippen molar-refractivity contribution in [2.24, 2.45) is 11.8 Å². The molecule has 0 aromatic rings.